The van der Waals surface area contributed by atoms with E-state index >= 15 is 0 Å². The minimum Gasteiger partial charge on any atom is -0.325 e. The van der Waals surface area contributed by atoms with Gasteiger partial charge in [-0.15, -0.1) is 0 Å². The van der Waals surface area contributed by atoms with Crippen molar-refractivity contribution >= 4 is 23.2 Å². The van der Waals surface area contributed by atoms with E-state index in [1.807, 2.05) is 32.0 Å². The molecule has 5 nitrogen and oxygen atoms in total. The fourth-order valence-corrected chi connectivity index (χ4v) is 2.11. The van der Waals surface area contributed by atoms with Crippen molar-refractivity contribution in [3.63, 3.8) is 0 Å². The van der Waals surface area contributed by atoms with Crippen LogP contribution in [-0.4, -0.2) is 18.4 Å². The Hall–Kier alpha value is -2.66. The number of anilines is 2. The number of hydrogen-bond donors (Lipinski definition) is 3. The van der Waals surface area contributed by atoms with E-state index < -0.39 is 0 Å². The zero-order valence-electron chi connectivity index (χ0n) is 12.6. The molecule has 0 spiro atoms. The number of aryl methyl sites for hydroxylation is 2. The van der Waals surface area contributed by atoms with Gasteiger partial charge in [-0.3, -0.25) is 9.59 Å². The first-order chi connectivity index (χ1) is 10.5. The molecule has 0 aliphatic heterocycles. The van der Waals surface area contributed by atoms with Crippen LogP contribution in [0, 0.1) is 13.8 Å². The zero-order chi connectivity index (χ0) is 16.1. The quantitative estimate of drug-likeness (QED) is 0.810. The van der Waals surface area contributed by atoms with Crippen LogP contribution in [0.3, 0.4) is 0 Å². The fraction of sp³-hybridized carbons (Fsp3) is 0.176. The fourth-order valence-electron chi connectivity index (χ4n) is 2.11. The molecule has 0 radical (unpaired) electrons. The Bertz CT molecular complexity index is 711. The highest BCUT2D eigenvalue weighted by molar-refractivity contribution is 6.05. The molecule has 0 saturated carbocycles. The van der Waals surface area contributed by atoms with Gasteiger partial charge < -0.3 is 16.4 Å². The maximum atomic E-state index is 12.3. The molecular formula is C17H19N3O2. The van der Waals surface area contributed by atoms with E-state index in [0.717, 1.165) is 11.1 Å². The van der Waals surface area contributed by atoms with Crippen molar-refractivity contribution in [1.82, 2.24) is 0 Å². The number of carbonyl (C=O) groups excluding carboxylic acids is 2. The standard InChI is InChI=1S/C17H19N3O2/c1-11-5-3-4-6-14(11)17(22)20-15-8-7-13(9-12(15)2)19-16(21)10-18/h3-9H,10,18H2,1-2H3,(H,19,21)(H,20,22). The van der Waals surface area contributed by atoms with Crippen LogP contribution in [0.4, 0.5) is 11.4 Å². The van der Waals surface area contributed by atoms with Crippen LogP contribution in [0.2, 0.25) is 0 Å². The van der Waals surface area contributed by atoms with Crippen LogP contribution in [-0.2, 0) is 4.79 Å². The minimum atomic E-state index is -0.254. The number of rotatable bonds is 4. The normalized spacial score (nSPS) is 10.1. The second-order valence-corrected chi connectivity index (χ2v) is 5.05. The van der Waals surface area contributed by atoms with Gasteiger partial charge >= 0.3 is 0 Å². The predicted molar refractivity (Wildman–Crippen MR) is 88.0 cm³/mol. The van der Waals surface area contributed by atoms with Crippen LogP contribution in [0.25, 0.3) is 0 Å². The SMILES string of the molecule is Cc1cc(NC(=O)CN)ccc1NC(=O)c1ccccc1C. The smallest absolute Gasteiger partial charge is 0.255 e. The highest BCUT2D eigenvalue weighted by atomic mass is 16.2. The monoisotopic (exact) mass is 297 g/mol. The van der Waals surface area contributed by atoms with Crippen molar-refractivity contribution in [2.24, 2.45) is 5.73 Å². The maximum Gasteiger partial charge on any atom is 0.255 e. The third-order valence-electron chi connectivity index (χ3n) is 3.33. The molecular weight excluding hydrogens is 278 g/mol. The number of benzene rings is 2. The van der Waals surface area contributed by atoms with Gasteiger partial charge in [0.25, 0.3) is 5.91 Å². The molecule has 4 N–H and O–H groups in total. The molecule has 0 bridgehead atoms. The lowest BCUT2D eigenvalue weighted by Gasteiger charge is -2.12. The van der Waals surface area contributed by atoms with Crippen LogP contribution < -0.4 is 16.4 Å². The number of amides is 2. The Morgan fingerprint density at radius 1 is 1.00 bits per heavy atom. The summed E-state index contributed by atoms with van der Waals surface area (Å²) in [5.41, 5.74) is 9.05. The largest absolute Gasteiger partial charge is 0.325 e. The van der Waals surface area contributed by atoms with Crippen LogP contribution in [0.15, 0.2) is 42.5 Å². The summed E-state index contributed by atoms with van der Waals surface area (Å²) < 4.78 is 0. The molecule has 2 aromatic carbocycles. The lowest BCUT2D eigenvalue weighted by molar-refractivity contribution is -0.114. The van der Waals surface area contributed by atoms with E-state index in [0.29, 0.717) is 16.9 Å². The van der Waals surface area contributed by atoms with Gasteiger partial charge in [-0.1, -0.05) is 18.2 Å². The highest BCUT2D eigenvalue weighted by Crippen LogP contribution is 2.21. The lowest BCUT2D eigenvalue weighted by Crippen LogP contribution is -2.22. The number of carbonyl (C=O) groups is 2. The average Bonchev–Trinajstić information content (AvgIpc) is 2.50. The molecule has 0 saturated heterocycles. The first-order valence-corrected chi connectivity index (χ1v) is 6.99. The molecule has 2 rings (SSSR count). The molecule has 5 heteroatoms. The second-order valence-electron chi connectivity index (χ2n) is 5.05. The molecule has 0 atom stereocenters. The van der Waals surface area contributed by atoms with Crippen molar-refractivity contribution in [1.29, 1.82) is 0 Å². The summed E-state index contributed by atoms with van der Waals surface area (Å²) >= 11 is 0. The van der Waals surface area contributed by atoms with Crippen molar-refractivity contribution < 1.29 is 9.59 Å². The third kappa shape index (κ3) is 3.71. The topological polar surface area (TPSA) is 84.2 Å². The van der Waals surface area contributed by atoms with Crippen LogP contribution in [0.5, 0.6) is 0 Å². The summed E-state index contributed by atoms with van der Waals surface area (Å²) in [6.45, 7) is 3.70. The minimum absolute atomic E-state index is 0.0647. The van der Waals surface area contributed by atoms with Crippen molar-refractivity contribution in [3.8, 4) is 0 Å². The van der Waals surface area contributed by atoms with Crippen molar-refractivity contribution in [2.75, 3.05) is 17.2 Å². The average molecular weight is 297 g/mol. The van der Waals surface area contributed by atoms with E-state index in [1.54, 1.807) is 24.3 Å². The van der Waals surface area contributed by atoms with E-state index in [9.17, 15) is 9.59 Å². The van der Waals surface area contributed by atoms with Gasteiger partial charge in [-0.2, -0.15) is 0 Å². The Balaban J connectivity index is 2.15. The maximum absolute atomic E-state index is 12.3. The van der Waals surface area contributed by atoms with E-state index in [1.165, 1.54) is 0 Å². The second kappa shape index (κ2) is 6.87. The molecule has 2 aromatic rings. The molecule has 0 heterocycles. The molecule has 114 valence electrons. The van der Waals surface area contributed by atoms with Gasteiger partial charge in [0.05, 0.1) is 6.54 Å². The molecule has 0 aliphatic carbocycles. The Morgan fingerprint density at radius 3 is 2.36 bits per heavy atom. The number of nitrogens with one attached hydrogen (secondary N) is 2. The lowest BCUT2D eigenvalue weighted by atomic mass is 10.1. The Morgan fingerprint density at radius 2 is 1.73 bits per heavy atom. The summed E-state index contributed by atoms with van der Waals surface area (Å²) in [6.07, 6.45) is 0. The number of hydrogen-bond acceptors (Lipinski definition) is 3. The van der Waals surface area contributed by atoms with Gasteiger partial charge in [-0.05, 0) is 49.2 Å². The van der Waals surface area contributed by atoms with Crippen LogP contribution in [0.1, 0.15) is 21.5 Å². The Labute approximate surface area is 129 Å². The molecule has 0 unspecified atom stereocenters. The van der Waals surface area contributed by atoms with Gasteiger partial charge in [0, 0.05) is 16.9 Å². The van der Waals surface area contributed by atoms with Gasteiger partial charge in [0.2, 0.25) is 5.91 Å². The molecule has 22 heavy (non-hydrogen) atoms. The van der Waals surface area contributed by atoms with E-state index in [-0.39, 0.29) is 18.4 Å². The van der Waals surface area contributed by atoms with E-state index in [2.05, 4.69) is 10.6 Å². The van der Waals surface area contributed by atoms with Gasteiger partial charge in [-0.25, -0.2) is 0 Å². The summed E-state index contributed by atoms with van der Waals surface area (Å²) in [5.74, 6) is -0.406. The Kier molecular flexibility index (Phi) is 4.91. The van der Waals surface area contributed by atoms with E-state index in [4.69, 9.17) is 5.73 Å². The van der Waals surface area contributed by atoms with Gasteiger partial charge in [0.1, 0.15) is 0 Å². The summed E-state index contributed by atoms with van der Waals surface area (Å²) in [7, 11) is 0. The predicted octanol–water partition coefficient (Wildman–Crippen LogP) is 2.45. The van der Waals surface area contributed by atoms with Crippen LogP contribution >= 0.6 is 0 Å². The molecule has 2 amide bonds. The number of nitrogens with two attached hydrogens (primary N) is 1. The first-order valence-electron chi connectivity index (χ1n) is 6.99. The molecule has 0 aromatic heterocycles. The van der Waals surface area contributed by atoms with Gasteiger partial charge in [0.15, 0.2) is 0 Å². The molecule has 0 aliphatic rings. The van der Waals surface area contributed by atoms with Crippen molar-refractivity contribution in [2.45, 2.75) is 13.8 Å². The van der Waals surface area contributed by atoms with Crippen molar-refractivity contribution in [3.05, 3.63) is 59.2 Å². The first kappa shape index (κ1) is 15.7. The summed E-state index contributed by atoms with van der Waals surface area (Å²) in [5, 5.41) is 5.56. The molecule has 0 fully saturated rings. The zero-order valence-corrected chi connectivity index (χ0v) is 12.6. The summed E-state index contributed by atoms with van der Waals surface area (Å²) in [4.78, 5) is 23.6. The summed E-state index contributed by atoms with van der Waals surface area (Å²) in [6, 6.07) is 12.7. The third-order valence-corrected chi connectivity index (χ3v) is 3.33. The highest BCUT2D eigenvalue weighted by Gasteiger charge is 2.10.